The number of aromatic nitrogens is 1. The molecule has 6 heteroatoms. The van der Waals surface area contributed by atoms with Gasteiger partial charge in [-0.3, -0.25) is 4.79 Å². The van der Waals surface area contributed by atoms with Crippen LogP contribution < -0.4 is 5.43 Å². The van der Waals surface area contributed by atoms with Crippen molar-refractivity contribution in [2.24, 2.45) is 5.10 Å². The summed E-state index contributed by atoms with van der Waals surface area (Å²) in [6.45, 7) is 0. The number of amides is 1. The maximum Gasteiger partial charge on any atom is 0.273 e. The molecule has 22 heavy (non-hydrogen) atoms. The molecule has 0 aliphatic carbocycles. The Labute approximate surface area is 140 Å². The summed E-state index contributed by atoms with van der Waals surface area (Å²) in [5.41, 5.74) is 3.86. The van der Waals surface area contributed by atoms with E-state index in [1.807, 2.05) is 53.4 Å². The van der Waals surface area contributed by atoms with Gasteiger partial charge < -0.3 is 8.98 Å². The number of benzene rings is 1. The number of hydrogen-bond donors (Lipinski definition) is 1. The summed E-state index contributed by atoms with van der Waals surface area (Å²) in [5, 5.41) is 3.92. The maximum atomic E-state index is 12.3. The molecule has 0 aliphatic heterocycles. The first-order chi connectivity index (χ1) is 10.7. The summed E-state index contributed by atoms with van der Waals surface area (Å²) in [6, 6.07) is 14.8. The summed E-state index contributed by atoms with van der Waals surface area (Å²) in [4.78, 5) is 12.3. The zero-order valence-corrected chi connectivity index (χ0v) is 13.6. The predicted octanol–water partition coefficient (Wildman–Crippen LogP) is 3.44. The number of furan rings is 1. The molecule has 3 rings (SSSR count). The lowest BCUT2D eigenvalue weighted by Gasteiger charge is -2.08. The van der Waals surface area contributed by atoms with Crippen LogP contribution >= 0.6 is 22.6 Å². The van der Waals surface area contributed by atoms with Crippen molar-refractivity contribution < 1.29 is 9.21 Å². The van der Waals surface area contributed by atoms with E-state index in [9.17, 15) is 4.79 Å². The summed E-state index contributed by atoms with van der Waals surface area (Å²) in [5.74, 6) is 0.310. The van der Waals surface area contributed by atoms with Crippen LogP contribution in [0.5, 0.6) is 0 Å². The van der Waals surface area contributed by atoms with Gasteiger partial charge in [0.15, 0.2) is 3.77 Å². The van der Waals surface area contributed by atoms with Crippen LogP contribution in [0.4, 0.5) is 0 Å². The summed E-state index contributed by atoms with van der Waals surface area (Å²) < 4.78 is 7.99. The zero-order valence-electron chi connectivity index (χ0n) is 11.4. The number of carbonyl (C=O) groups is 1. The molecule has 0 aliphatic rings. The maximum absolute atomic E-state index is 12.3. The number of para-hydroxylation sites is 1. The van der Waals surface area contributed by atoms with Gasteiger partial charge in [0.25, 0.3) is 5.91 Å². The van der Waals surface area contributed by atoms with Gasteiger partial charge in [0, 0.05) is 12.4 Å². The molecule has 0 atom stereocenters. The molecular formula is C16H12IN3O2. The van der Waals surface area contributed by atoms with Crippen LogP contribution in [0.2, 0.25) is 0 Å². The fourth-order valence-electron chi connectivity index (χ4n) is 2.00. The largest absolute Gasteiger partial charge is 0.449 e. The summed E-state index contributed by atoms with van der Waals surface area (Å²) in [7, 11) is 0. The SMILES string of the molecule is O=C(N/N=C\c1ccc(I)o1)c1ccccc1-n1cccc1. The van der Waals surface area contributed by atoms with Gasteiger partial charge in [0.2, 0.25) is 0 Å². The number of halogens is 1. The first-order valence-corrected chi connectivity index (χ1v) is 7.63. The molecule has 3 aromatic rings. The van der Waals surface area contributed by atoms with Crippen molar-refractivity contribution in [3.8, 4) is 5.69 Å². The third-order valence-electron chi connectivity index (χ3n) is 2.98. The van der Waals surface area contributed by atoms with Crippen LogP contribution in [-0.4, -0.2) is 16.7 Å². The molecule has 1 aromatic carbocycles. The van der Waals surface area contributed by atoms with Gasteiger partial charge >= 0.3 is 0 Å². The van der Waals surface area contributed by atoms with Crippen molar-refractivity contribution in [3.63, 3.8) is 0 Å². The second-order valence-corrected chi connectivity index (χ2v) is 5.51. The number of carbonyl (C=O) groups excluding carboxylic acids is 1. The second kappa shape index (κ2) is 6.61. The average molecular weight is 405 g/mol. The van der Waals surface area contributed by atoms with E-state index >= 15 is 0 Å². The van der Waals surface area contributed by atoms with E-state index in [0.717, 1.165) is 9.45 Å². The first-order valence-electron chi connectivity index (χ1n) is 6.55. The van der Waals surface area contributed by atoms with Crippen molar-refractivity contribution in [1.29, 1.82) is 0 Å². The summed E-state index contributed by atoms with van der Waals surface area (Å²) in [6.07, 6.45) is 5.25. The van der Waals surface area contributed by atoms with Gasteiger partial charge in [-0.2, -0.15) is 5.10 Å². The molecule has 1 N–H and O–H groups in total. The Morgan fingerprint density at radius 3 is 2.64 bits per heavy atom. The van der Waals surface area contributed by atoms with Crippen LogP contribution in [-0.2, 0) is 0 Å². The fourth-order valence-corrected chi connectivity index (χ4v) is 2.43. The molecule has 5 nitrogen and oxygen atoms in total. The Morgan fingerprint density at radius 2 is 1.91 bits per heavy atom. The van der Waals surface area contributed by atoms with Crippen molar-refractivity contribution in [2.45, 2.75) is 0 Å². The van der Waals surface area contributed by atoms with Gasteiger partial charge in [-0.05, 0) is 59.0 Å². The van der Waals surface area contributed by atoms with Crippen LogP contribution in [0.3, 0.4) is 0 Å². The molecule has 0 saturated heterocycles. The molecule has 2 heterocycles. The van der Waals surface area contributed by atoms with Gasteiger partial charge in [0.1, 0.15) is 5.76 Å². The monoisotopic (exact) mass is 405 g/mol. The molecule has 0 saturated carbocycles. The number of nitrogens with zero attached hydrogens (tertiary/aromatic N) is 2. The van der Waals surface area contributed by atoms with Crippen LogP contribution in [0.15, 0.2) is 70.4 Å². The minimum absolute atomic E-state index is 0.276. The predicted molar refractivity (Wildman–Crippen MR) is 92.3 cm³/mol. The Kier molecular flexibility index (Phi) is 4.38. The van der Waals surface area contributed by atoms with E-state index in [1.165, 1.54) is 6.21 Å². The van der Waals surface area contributed by atoms with Gasteiger partial charge in [-0.15, -0.1) is 0 Å². The topological polar surface area (TPSA) is 59.5 Å². The molecule has 2 aromatic heterocycles. The van der Waals surface area contributed by atoms with Crippen LogP contribution in [0, 0.1) is 3.77 Å². The van der Waals surface area contributed by atoms with E-state index in [0.29, 0.717) is 11.3 Å². The van der Waals surface area contributed by atoms with E-state index in [2.05, 4.69) is 33.1 Å². The molecule has 110 valence electrons. The number of rotatable bonds is 4. The lowest BCUT2D eigenvalue weighted by molar-refractivity contribution is 0.0955. The smallest absolute Gasteiger partial charge is 0.273 e. The Bertz CT molecular complexity index is 806. The Morgan fingerprint density at radius 1 is 1.14 bits per heavy atom. The molecule has 0 spiro atoms. The van der Waals surface area contributed by atoms with Crippen molar-refractivity contribution in [2.75, 3.05) is 0 Å². The van der Waals surface area contributed by atoms with Crippen LogP contribution in [0.25, 0.3) is 5.69 Å². The third kappa shape index (κ3) is 3.28. The molecule has 0 radical (unpaired) electrons. The standard InChI is InChI=1S/C16H12IN3O2/c17-15-8-7-12(22-15)11-18-19-16(21)13-5-1-2-6-14(13)20-9-3-4-10-20/h1-11H,(H,19,21)/b18-11-. The number of hydrazone groups is 1. The first kappa shape index (κ1) is 14.6. The van der Waals surface area contributed by atoms with Crippen molar-refractivity contribution in [1.82, 2.24) is 9.99 Å². The lowest BCUT2D eigenvalue weighted by atomic mass is 10.1. The van der Waals surface area contributed by atoms with Gasteiger partial charge in [-0.1, -0.05) is 12.1 Å². The quantitative estimate of drug-likeness (QED) is 0.411. The van der Waals surface area contributed by atoms with Crippen molar-refractivity contribution in [3.05, 3.63) is 76.0 Å². The highest BCUT2D eigenvalue weighted by molar-refractivity contribution is 14.1. The highest BCUT2D eigenvalue weighted by Crippen LogP contribution is 2.14. The Hall–Kier alpha value is -2.35. The molecule has 1 amide bonds. The molecule has 0 unspecified atom stereocenters. The van der Waals surface area contributed by atoms with Crippen LogP contribution in [0.1, 0.15) is 16.1 Å². The van der Waals surface area contributed by atoms with E-state index < -0.39 is 0 Å². The minimum atomic E-state index is -0.276. The highest BCUT2D eigenvalue weighted by Gasteiger charge is 2.10. The molecule has 0 fully saturated rings. The minimum Gasteiger partial charge on any atom is -0.449 e. The molecular weight excluding hydrogens is 393 g/mol. The van der Waals surface area contributed by atoms with E-state index in [-0.39, 0.29) is 5.91 Å². The van der Waals surface area contributed by atoms with E-state index in [4.69, 9.17) is 4.42 Å². The fraction of sp³-hybridized carbons (Fsp3) is 0. The number of hydrogen-bond acceptors (Lipinski definition) is 3. The van der Waals surface area contributed by atoms with E-state index in [1.54, 1.807) is 12.1 Å². The average Bonchev–Trinajstić information content (AvgIpc) is 3.19. The van der Waals surface area contributed by atoms with Crippen molar-refractivity contribution >= 4 is 34.7 Å². The van der Waals surface area contributed by atoms with Gasteiger partial charge in [0.05, 0.1) is 17.5 Å². The lowest BCUT2D eigenvalue weighted by Crippen LogP contribution is -2.19. The normalized spacial score (nSPS) is 11.0. The third-order valence-corrected chi connectivity index (χ3v) is 3.56. The highest BCUT2D eigenvalue weighted by atomic mass is 127. The zero-order chi connectivity index (χ0) is 15.4. The van der Waals surface area contributed by atoms with Gasteiger partial charge in [-0.25, -0.2) is 5.43 Å². The number of nitrogens with one attached hydrogen (secondary N) is 1. The summed E-state index contributed by atoms with van der Waals surface area (Å²) >= 11 is 2.07. The molecule has 0 bridgehead atoms. The second-order valence-electron chi connectivity index (χ2n) is 4.45. The Balaban J connectivity index is 1.77.